The number of rotatable bonds is 9. The van der Waals surface area contributed by atoms with Gasteiger partial charge in [0.15, 0.2) is 22.5 Å². The van der Waals surface area contributed by atoms with Crippen LogP contribution in [0.5, 0.6) is 5.75 Å². The summed E-state index contributed by atoms with van der Waals surface area (Å²) in [6.07, 6.45) is 5.11. The minimum atomic E-state index is -0.406. The Balaban J connectivity index is 1.33. The highest BCUT2D eigenvalue weighted by atomic mass is 32.2. The van der Waals surface area contributed by atoms with E-state index in [9.17, 15) is 9.18 Å². The fourth-order valence-corrected chi connectivity index (χ4v) is 6.57. The third-order valence-corrected chi connectivity index (χ3v) is 8.29. The number of aryl methyl sites for hydroxylation is 2. The van der Waals surface area contributed by atoms with Crippen molar-refractivity contribution in [3.05, 3.63) is 47.7 Å². The summed E-state index contributed by atoms with van der Waals surface area (Å²) < 4.78 is 23.6. The molecule has 2 fully saturated rings. The first-order chi connectivity index (χ1) is 16.9. The number of amides is 1. The van der Waals surface area contributed by atoms with E-state index in [2.05, 4.69) is 32.1 Å². The van der Waals surface area contributed by atoms with Gasteiger partial charge in [-0.2, -0.15) is 5.10 Å². The molecule has 2 aliphatic rings. The molecule has 4 atom stereocenters. The third kappa shape index (κ3) is 5.07. The van der Waals surface area contributed by atoms with E-state index in [0.717, 1.165) is 11.6 Å². The number of nitrogens with zero attached hydrogens (tertiary/aromatic N) is 5. The molecule has 4 unspecified atom stereocenters. The Labute approximate surface area is 208 Å². The number of nitrogens with one attached hydrogen (secondary N) is 1. The van der Waals surface area contributed by atoms with E-state index in [-0.39, 0.29) is 30.1 Å². The first kappa shape index (κ1) is 23.8. The predicted molar refractivity (Wildman–Crippen MR) is 132 cm³/mol. The lowest BCUT2D eigenvalue weighted by atomic mass is 9.84. The number of fused-ring (bicyclic) bond motifs is 2. The molecule has 8 nitrogen and oxygen atoms in total. The van der Waals surface area contributed by atoms with Crippen LogP contribution in [-0.4, -0.2) is 36.2 Å². The number of aromatic nitrogens is 5. The average Bonchev–Trinajstić information content (AvgIpc) is 3.61. The molecule has 1 N–H and O–H groups in total. The smallest absolute Gasteiger partial charge is 0.235 e. The summed E-state index contributed by atoms with van der Waals surface area (Å²) in [7, 11) is 1.80. The summed E-state index contributed by atoms with van der Waals surface area (Å²) >= 11 is 1.36. The fourth-order valence-electron chi connectivity index (χ4n) is 5.73. The fraction of sp³-hybridized carbons (Fsp3) is 0.520. The van der Waals surface area contributed by atoms with Crippen molar-refractivity contribution in [2.24, 2.45) is 24.8 Å². The zero-order valence-electron chi connectivity index (χ0n) is 20.3. The normalized spacial score (nSPS) is 21.9. The molecule has 2 saturated carbocycles. The molecule has 2 bridgehead atoms. The minimum absolute atomic E-state index is 0.111. The Morgan fingerprint density at radius 3 is 2.80 bits per heavy atom. The van der Waals surface area contributed by atoms with Gasteiger partial charge in [-0.25, -0.2) is 4.39 Å². The van der Waals surface area contributed by atoms with Crippen LogP contribution in [0.3, 0.4) is 0 Å². The number of hydrogen-bond donors (Lipinski definition) is 1. The second-order valence-corrected chi connectivity index (χ2v) is 10.6. The Morgan fingerprint density at radius 1 is 1.29 bits per heavy atom. The van der Waals surface area contributed by atoms with Crippen molar-refractivity contribution >= 4 is 23.5 Å². The van der Waals surface area contributed by atoms with Gasteiger partial charge in [0.2, 0.25) is 5.91 Å². The Hall–Kier alpha value is -2.88. The molecular weight excluding hydrogens is 467 g/mol. The molecule has 0 saturated heterocycles. The Kier molecular flexibility index (Phi) is 6.82. The van der Waals surface area contributed by atoms with Gasteiger partial charge in [-0.15, -0.1) is 10.2 Å². The highest BCUT2D eigenvalue weighted by Crippen LogP contribution is 2.52. The van der Waals surface area contributed by atoms with E-state index in [1.165, 1.54) is 43.5 Å². The maximum Gasteiger partial charge on any atom is 0.235 e. The van der Waals surface area contributed by atoms with Gasteiger partial charge in [0.05, 0.1) is 11.4 Å². The number of benzene rings is 1. The number of ether oxygens (including phenoxy) is 1. The largest absolute Gasteiger partial charge is 0.483 e. The van der Waals surface area contributed by atoms with Crippen LogP contribution in [0.15, 0.2) is 35.5 Å². The maximum absolute atomic E-state index is 14.1. The van der Waals surface area contributed by atoms with Crippen molar-refractivity contribution in [1.82, 2.24) is 24.5 Å². The van der Waals surface area contributed by atoms with Crippen molar-refractivity contribution in [2.75, 3.05) is 11.1 Å². The minimum Gasteiger partial charge on any atom is -0.483 e. The Morgan fingerprint density at radius 2 is 2.11 bits per heavy atom. The second kappa shape index (κ2) is 10.0. The van der Waals surface area contributed by atoms with Gasteiger partial charge in [0, 0.05) is 19.2 Å². The van der Waals surface area contributed by atoms with Gasteiger partial charge in [0.1, 0.15) is 12.4 Å². The number of halogens is 1. The average molecular weight is 499 g/mol. The maximum atomic E-state index is 14.1. The lowest BCUT2D eigenvalue weighted by Crippen LogP contribution is -2.25. The molecule has 10 heteroatoms. The van der Waals surface area contributed by atoms with Gasteiger partial charge < -0.3 is 10.1 Å². The van der Waals surface area contributed by atoms with Crippen LogP contribution in [-0.2, 0) is 18.4 Å². The van der Waals surface area contributed by atoms with Crippen molar-refractivity contribution in [3.8, 4) is 5.75 Å². The van der Waals surface area contributed by atoms with Crippen LogP contribution >= 0.6 is 11.8 Å². The van der Waals surface area contributed by atoms with Crippen molar-refractivity contribution in [3.63, 3.8) is 0 Å². The predicted octanol–water partition coefficient (Wildman–Crippen LogP) is 4.77. The zero-order chi connectivity index (χ0) is 24.5. The van der Waals surface area contributed by atoms with Gasteiger partial charge >= 0.3 is 0 Å². The Bertz CT molecular complexity index is 1210. The van der Waals surface area contributed by atoms with E-state index in [1.54, 1.807) is 29.9 Å². The SMILES string of the molecule is Cc1cc(NC(=O)CSc2nnc(COc3ccccc3F)n2C(C)C2CC3CCC2C3)n(C)n1. The first-order valence-corrected chi connectivity index (χ1v) is 13.1. The molecule has 0 aliphatic heterocycles. The summed E-state index contributed by atoms with van der Waals surface area (Å²) in [5, 5.41) is 16.7. The van der Waals surface area contributed by atoms with Crippen LogP contribution in [0.2, 0.25) is 0 Å². The lowest BCUT2D eigenvalue weighted by Gasteiger charge is -2.30. The molecule has 1 amide bonds. The summed E-state index contributed by atoms with van der Waals surface area (Å²) in [6.45, 7) is 4.21. The van der Waals surface area contributed by atoms with Gasteiger partial charge in [0.25, 0.3) is 0 Å². The molecule has 2 aliphatic carbocycles. The number of hydrogen-bond acceptors (Lipinski definition) is 6. The summed E-state index contributed by atoms with van der Waals surface area (Å²) in [6, 6.07) is 8.36. The number of carbonyl (C=O) groups is 1. The highest BCUT2D eigenvalue weighted by molar-refractivity contribution is 7.99. The topological polar surface area (TPSA) is 86.9 Å². The van der Waals surface area contributed by atoms with Crippen LogP contribution in [0, 0.1) is 30.5 Å². The van der Waals surface area contributed by atoms with E-state index in [4.69, 9.17) is 4.74 Å². The van der Waals surface area contributed by atoms with Gasteiger partial charge in [-0.05, 0) is 63.0 Å². The molecule has 2 aromatic heterocycles. The highest BCUT2D eigenvalue weighted by Gasteiger charge is 2.43. The van der Waals surface area contributed by atoms with E-state index < -0.39 is 5.82 Å². The molecule has 5 rings (SSSR count). The van der Waals surface area contributed by atoms with E-state index >= 15 is 0 Å². The zero-order valence-corrected chi connectivity index (χ0v) is 21.1. The quantitative estimate of drug-likeness (QED) is 0.428. The van der Waals surface area contributed by atoms with Crippen molar-refractivity contribution < 1.29 is 13.9 Å². The van der Waals surface area contributed by atoms with E-state index in [1.807, 2.05) is 13.0 Å². The van der Waals surface area contributed by atoms with Crippen LogP contribution in [0.4, 0.5) is 10.2 Å². The van der Waals surface area contributed by atoms with Crippen molar-refractivity contribution in [1.29, 1.82) is 0 Å². The molecule has 186 valence electrons. The number of para-hydroxylation sites is 1. The lowest BCUT2D eigenvalue weighted by molar-refractivity contribution is -0.113. The van der Waals surface area contributed by atoms with Crippen LogP contribution in [0.1, 0.15) is 50.2 Å². The monoisotopic (exact) mass is 498 g/mol. The number of thioether (sulfide) groups is 1. The molecule has 35 heavy (non-hydrogen) atoms. The van der Waals surface area contributed by atoms with Crippen LogP contribution in [0.25, 0.3) is 0 Å². The summed E-state index contributed by atoms with van der Waals surface area (Å²) in [5.41, 5.74) is 0.842. The molecular formula is C25H31FN6O2S. The summed E-state index contributed by atoms with van der Waals surface area (Å²) in [5.74, 6) is 3.22. The van der Waals surface area contributed by atoms with Gasteiger partial charge in [-0.3, -0.25) is 14.0 Å². The standard InChI is InChI=1S/C25H31FN6O2S/c1-15-10-22(31(3)30-15)27-24(33)14-35-25-29-28-23(13-34-21-7-5-4-6-20(21)26)32(25)16(2)19-12-17-8-9-18(19)11-17/h4-7,10,16-19H,8-9,11-14H2,1-3H3,(H,27,33). The molecule has 1 aromatic carbocycles. The summed E-state index contributed by atoms with van der Waals surface area (Å²) in [4.78, 5) is 12.6. The molecule has 3 aromatic rings. The molecule has 2 heterocycles. The first-order valence-electron chi connectivity index (χ1n) is 12.1. The molecule has 0 spiro atoms. The second-order valence-electron chi connectivity index (χ2n) is 9.70. The van der Waals surface area contributed by atoms with Crippen LogP contribution < -0.4 is 10.1 Å². The van der Waals surface area contributed by atoms with E-state index in [0.29, 0.717) is 28.6 Å². The van der Waals surface area contributed by atoms with Gasteiger partial charge in [-0.1, -0.05) is 30.3 Å². The number of carbonyl (C=O) groups excluding carboxylic acids is 1. The molecule has 0 radical (unpaired) electrons. The number of anilines is 1. The van der Waals surface area contributed by atoms with Crippen molar-refractivity contribution in [2.45, 2.75) is 57.3 Å². The third-order valence-electron chi connectivity index (χ3n) is 7.35.